The van der Waals surface area contributed by atoms with E-state index >= 15 is 0 Å². The van der Waals surface area contributed by atoms with Crippen LogP contribution in [0.2, 0.25) is 0 Å². The van der Waals surface area contributed by atoms with E-state index in [1.807, 2.05) is 10.6 Å². The van der Waals surface area contributed by atoms with Crippen LogP contribution in [0.5, 0.6) is 0 Å². The molecule has 1 fully saturated rings. The van der Waals surface area contributed by atoms with Gasteiger partial charge in [0.1, 0.15) is 6.54 Å². The number of aromatic nitrogens is 1. The number of nitrogens with zero attached hydrogens (tertiary/aromatic N) is 2. The number of fused-ring (bicyclic) bond motifs is 4. The summed E-state index contributed by atoms with van der Waals surface area (Å²) in [5.74, 6) is -0.0250. The molecule has 1 N–H and O–H groups in total. The third-order valence-electron chi connectivity index (χ3n) is 4.38. The summed E-state index contributed by atoms with van der Waals surface area (Å²) in [6, 6.07) is 5.04. The van der Waals surface area contributed by atoms with Crippen molar-refractivity contribution in [3.8, 4) is 0 Å². The van der Waals surface area contributed by atoms with Crippen molar-refractivity contribution in [2.45, 2.75) is 18.9 Å². The first kappa shape index (κ1) is 14.6. The molecule has 2 aliphatic rings. The zero-order chi connectivity index (χ0) is 15.7. The van der Waals surface area contributed by atoms with Crippen LogP contribution in [0.15, 0.2) is 23.0 Å². The molecule has 2 bridgehead atoms. The number of methoxy groups -OCH3 is 1. The van der Waals surface area contributed by atoms with E-state index in [9.17, 15) is 14.4 Å². The summed E-state index contributed by atoms with van der Waals surface area (Å²) in [4.78, 5) is 36.9. The monoisotopic (exact) mass is 305 g/mol. The maximum Gasteiger partial charge on any atom is 0.325 e. The molecule has 2 amide bonds. The zero-order valence-corrected chi connectivity index (χ0v) is 12.4. The Bertz CT molecular complexity index is 654. The van der Waals surface area contributed by atoms with Gasteiger partial charge in [0.05, 0.1) is 7.11 Å². The average molecular weight is 305 g/mol. The van der Waals surface area contributed by atoms with Gasteiger partial charge in [-0.1, -0.05) is 6.07 Å². The largest absolute Gasteiger partial charge is 0.468 e. The summed E-state index contributed by atoms with van der Waals surface area (Å²) in [5, 5.41) is 2.57. The van der Waals surface area contributed by atoms with Gasteiger partial charge in [-0.3, -0.25) is 9.59 Å². The second kappa shape index (κ2) is 5.82. The Balaban J connectivity index is 1.72. The summed E-state index contributed by atoms with van der Waals surface area (Å²) in [6.45, 7) is 1.68. The highest BCUT2D eigenvalue weighted by molar-refractivity contribution is 5.80. The number of amides is 2. The van der Waals surface area contributed by atoms with E-state index in [0.29, 0.717) is 19.6 Å². The standard InChI is InChI=1S/C15H19N3O4/c1-22-14(20)6-16-15(21)17-7-10-5-11(9-17)12-3-2-4-13(19)18(12)8-10/h2-4,10-11H,5-9H2,1H3,(H,16,21)/t10-,11+/m0/s1. The van der Waals surface area contributed by atoms with Crippen LogP contribution in [-0.2, 0) is 16.1 Å². The van der Waals surface area contributed by atoms with Gasteiger partial charge >= 0.3 is 12.0 Å². The molecular formula is C15H19N3O4. The number of hydrogen-bond donors (Lipinski definition) is 1. The number of urea groups is 1. The van der Waals surface area contributed by atoms with E-state index in [2.05, 4.69) is 10.1 Å². The normalized spacial score (nSPS) is 22.7. The topological polar surface area (TPSA) is 80.6 Å². The molecule has 1 aromatic heterocycles. The molecule has 0 unspecified atom stereocenters. The lowest BCUT2D eigenvalue weighted by Crippen LogP contribution is -2.52. The molecule has 3 heterocycles. The summed E-state index contributed by atoms with van der Waals surface area (Å²) < 4.78 is 6.33. The maximum absolute atomic E-state index is 12.2. The highest BCUT2D eigenvalue weighted by atomic mass is 16.5. The predicted octanol–water partition coefficient (Wildman–Crippen LogP) is 0.150. The van der Waals surface area contributed by atoms with Crippen molar-refractivity contribution in [3.05, 3.63) is 34.2 Å². The number of carbonyl (C=O) groups excluding carboxylic acids is 2. The lowest BCUT2D eigenvalue weighted by molar-refractivity contribution is -0.139. The fraction of sp³-hybridized carbons (Fsp3) is 0.533. The molecule has 2 atom stereocenters. The van der Waals surface area contributed by atoms with Crippen LogP contribution in [0, 0.1) is 5.92 Å². The molecule has 1 aromatic rings. The van der Waals surface area contributed by atoms with Crippen molar-refractivity contribution in [2.75, 3.05) is 26.7 Å². The molecule has 3 rings (SSSR count). The number of esters is 1. The quantitative estimate of drug-likeness (QED) is 0.789. The summed E-state index contributed by atoms with van der Waals surface area (Å²) in [7, 11) is 1.29. The third-order valence-corrected chi connectivity index (χ3v) is 4.38. The zero-order valence-electron chi connectivity index (χ0n) is 12.4. The van der Waals surface area contributed by atoms with E-state index in [1.54, 1.807) is 17.0 Å². The van der Waals surface area contributed by atoms with Gasteiger partial charge in [-0.25, -0.2) is 4.79 Å². The first-order chi connectivity index (χ1) is 10.6. The van der Waals surface area contributed by atoms with Crippen LogP contribution in [0.1, 0.15) is 18.0 Å². The summed E-state index contributed by atoms with van der Waals surface area (Å²) >= 11 is 0. The van der Waals surface area contributed by atoms with Crippen LogP contribution in [0.3, 0.4) is 0 Å². The maximum atomic E-state index is 12.2. The highest BCUT2D eigenvalue weighted by Crippen LogP contribution is 2.34. The van der Waals surface area contributed by atoms with Gasteiger partial charge < -0.3 is 19.5 Å². The fourth-order valence-electron chi connectivity index (χ4n) is 3.39. The molecule has 7 nitrogen and oxygen atoms in total. The molecule has 0 saturated carbocycles. The number of hydrogen-bond acceptors (Lipinski definition) is 4. The van der Waals surface area contributed by atoms with Crippen LogP contribution < -0.4 is 10.9 Å². The van der Waals surface area contributed by atoms with Crippen molar-refractivity contribution in [2.24, 2.45) is 5.92 Å². The highest BCUT2D eigenvalue weighted by Gasteiger charge is 2.36. The van der Waals surface area contributed by atoms with E-state index < -0.39 is 5.97 Å². The van der Waals surface area contributed by atoms with Crippen molar-refractivity contribution in [1.29, 1.82) is 0 Å². The molecule has 7 heteroatoms. The minimum Gasteiger partial charge on any atom is -0.468 e. The number of pyridine rings is 1. The number of ether oxygens (including phenoxy) is 1. The third kappa shape index (κ3) is 2.70. The second-order valence-corrected chi connectivity index (χ2v) is 5.84. The minimum absolute atomic E-state index is 0.0239. The molecule has 0 aliphatic carbocycles. The van der Waals surface area contributed by atoms with Gasteiger partial charge in [0.25, 0.3) is 5.56 Å². The SMILES string of the molecule is COC(=O)CNC(=O)N1C[C@@H]2C[C@H](C1)c1cccc(=O)n1C2. The average Bonchev–Trinajstić information content (AvgIpc) is 2.53. The van der Waals surface area contributed by atoms with Gasteiger partial charge in [-0.05, 0) is 18.4 Å². The van der Waals surface area contributed by atoms with Gasteiger partial charge in [0, 0.05) is 37.3 Å². The van der Waals surface area contributed by atoms with Crippen LogP contribution in [0.25, 0.3) is 0 Å². The fourth-order valence-corrected chi connectivity index (χ4v) is 3.39. The molecular weight excluding hydrogens is 286 g/mol. The van der Waals surface area contributed by atoms with Crippen LogP contribution in [-0.4, -0.2) is 48.2 Å². The molecule has 0 aromatic carbocycles. The molecule has 2 aliphatic heterocycles. The van der Waals surface area contributed by atoms with Gasteiger partial charge in [0.15, 0.2) is 0 Å². The minimum atomic E-state index is -0.470. The van der Waals surface area contributed by atoms with Gasteiger partial charge in [0.2, 0.25) is 0 Å². The Morgan fingerprint density at radius 3 is 2.91 bits per heavy atom. The van der Waals surface area contributed by atoms with Crippen molar-refractivity contribution in [3.63, 3.8) is 0 Å². The number of likely N-dealkylation sites (tertiary alicyclic amines) is 1. The summed E-state index contributed by atoms with van der Waals surface area (Å²) in [6.07, 6.45) is 0.990. The van der Waals surface area contributed by atoms with Gasteiger partial charge in [-0.2, -0.15) is 0 Å². The number of carbonyl (C=O) groups is 2. The van der Waals surface area contributed by atoms with E-state index in [0.717, 1.165) is 12.1 Å². The Morgan fingerprint density at radius 2 is 2.14 bits per heavy atom. The number of nitrogens with one attached hydrogen (secondary N) is 1. The van der Waals surface area contributed by atoms with Crippen molar-refractivity contribution < 1.29 is 14.3 Å². The summed E-state index contributed by atoms with van der Waals surface area (Å²) in [5.41, 5.74) is 1.02. The van der Waals surface area contributed by atoms with E-state index in [-0.39, 0.29) is 30.0 Å². The van der Waals surface area contributed by atoms with E-state index in [4.69, 9.17) is 0 Å². The lowest BCUT2D eigenvalue weighted by atomic mass is 9.83. The molecule has 118 valence electrons. The molecule has 22 heavy (non-hydrogen) atoms. The molecule has 1 saturated heterocycles. The van der Waals surface area contributed by atoms with Crippen molar-refractivity contribution >= 4 is 12.0 Å². The predicted molar refractivity (Wildman–Crippen MR) is 78.5 cm³/mol. The Kier molecular flexibility index (Phi) is 3.87. The molecule has 0 radical (unpaired) electrons. The Morgan fingerprint density at radius 1 is 1.32 bits per heavy atom. The van der Waals surface area contributed by atoms with E-state index in [1.165, 1.54) is 7.11 Å². The molecule has 0 spiro atoms. The van der Waals surface area contributed by atoms with Crippen LogP contribution >= 0.6 is 0 Å². The number of rotatable bonds is 2. The lowest BCUT2D eigenvalue weighted by Gasteiger charge is -2.42. The smallest absolute Gasteiger partial charge is 0.325 e. The van der Waals surface area contributed by atoms with Crippen LogP contribution in [0.4, 0.5) is 4.79 Å². The Hall–Kier alpha value is -2.31. The Labute approximate surface area is 127 Å². The first-order valence-corrected chi connectivity index (χ1v) is 7.38. The second-order valence-electron chi connectivity index (χ2n) is 5.84. The van der Waals surface area contributed by atoms with Gasteiger partial charge in [-0.15, -0.1) is 0 Å². The first-order valence-electron chi connectivity index (χ1n) is 7.38. The van der Waals surface area contributed by atoms with Crippen molar-refractivity contribution in [1.82, 2.24) is 14.8 Å². The number of piperidine rings is 1.